The summed E-state index contributed by atoms with van der Waals surface area (Å²) in [5.41, 5.74) is 5.45. The fourth-order valence-electron chi connectivity index (χ4n) is 2.78. The quantitative estimate of drug-likeness (QED) is 0.639. The van der Waals surface area contributed by atoms with Gasteiger partial charge in [0.05, 0.1) is 17.8 Å². The van der Waals surface area contributed by atoms with E-state index in [1.807, 2.05) is 32.0 Å². The van der Waals surface area contributed by atoms with E-state index >= 15 is 0 Å². The van der Waals surface area contributed by atoms with E-state index in [1.54, 1.807) is 18.2 Å². The van der Waals surface area contributed by atoms with Gasteiger partial charge in [-0.1, -0.05) is 24.3 Å². The van der Waals surface area contributed by atoms with Crippen LogP contribution in [0.15, 0.2) is 36.4 Å². The van der Waals surface area contributed by atoms with Crippen molar-refractivity contribution in [2.45, 2.75) is 26.3 Å². The third-order valence-electron chi connectivity index (χ3n) is 4.17. The molecule has 1 heterocycles. The summed E-state index contributed by atoms with van der Waals surface area (Å²) in [5.74, 6) is -0.527. The second kappa shape index (κ2) is 5.58. The predicted molar refractivity (Wildman–Crippen MR) is 87.4 cm³/mol. The molecule has 0 aliphatic carbocycles. The van der Waals surface area contributed by atoms with Gasteiger partial charge in [-0.25, -0.2) is 0 Å². The molecule has 2 aromatic carbocycles. The number of benzene rings is 2. The van der Waals surface area contributed by atoms with Crippen molar-refractivity contribution >= 4 is 29.0 Å². The summed E-state index contributed by atoms with van der Waals surface area (Å²) in [6.07, 6.45) is 0. The van der Waals surface area contributed by atoms with Gasteiger partial charge < -0.3 is 4.90 Å². The lowest BCUT2D eigenvalue weighted by Gasteiger charge is -2.19. The van der Waals surface area contributed by atoms with Crippen LogP contribution in [0.4, 0.5) is 5.69 Å². The highest BCUT2D eigenvalue weighted by molar-refractivity contribution is 6.52. The molecule has 2 aromatic rings. The maximum absolute atomic E-state index is 12.3. The van der Waals surface area contributed by atoms with Crippen LogP contribution >= 0.6 is 11.6 Å². The summed E-state index contributed by atoms with van der Waals surface area (Å²) in [7, 11) is 0. The van der Waals surface area contributed by atoms with Crippen LogP contribution in [0, 0.1) is 13.8 Å². The fraction of sp³-hybridized carbons (Fsp3) is 0.222. The Morgan fingerprint density at radius 3 is 2.32 bits per heavy atom. The third kappa shape index (κ3) is 2.32. The molecule has 0 bridgehead atoms. The number of alkyl halides is 1. The summed E-state index contributed by atoms with van der Waals surface area (Å²) in [6.45, 7) is 4.43. The minimum Gasteiger partial charge on any atom is -0.300 e. The Bertz CT molecular complexity index is 783. The van der Waals surface area contributed by atoms with Gasteiger partial charge in [0.15, 0.2) is 0 Å². The van der Waals surface area contributed by atoms with Gasteiger partial charge in [0, 0.05) is 5.88 Å². The molecular weight excluding hydrogens is 298 g/mol. The molecule has 112 valence electrons. The lowest BCUT2D eigenvalue weighted by Crippen LogP contribution is -2.29. The number of fused-ring (bicyclic) bond motifs is 1. The summed E-state index contributed by atoms with van der Waals surface area (Å²) < 4.78 is 0. The summed E-state index contributed by atoms with van der Waals surface area (Å²) >= 11 is 6.04. The van der Waals surface area contributed by atoms with E-state index in [1.165, 1.54) is 10.5 Å². The van der Waals surface area contributed by atoms with E-state index in [2.05, 4.69) is 0 Å². The number of rotatable bonds is 3. The molecule has 0 unspecified atom stereocenters. The van der Waals surface area contributed by atoms with Crippen LogP contribution < -0.4 is 4.90 Å². The fourth-order valence-corrected chi connectivity index (χ4v) is 3.03. The van der Waals surface area contributed by atoms with Crippen molar-refractivity contribution in [1.82, 2.24) is 0 Å². The molecule has 0 spiro atoms. The van der Waals surface area contributed by atoms with Crippen LogP contribution in [-0.4, -0.2) is 11.7 Å². The second-order valence-corrected chi connectivity index (χ2v) is 5.84. The van der Waals surface area contributed by atoms with E-state index in [-0.39, 0.29) is 0 Å². The minimum absolute atomic E-state index is 0.366. The molecule has 1 aliphatic rings. The Labute approximate surface area is 134 Å². The molecule has 0 fully saturated rings. The lowest BCUT2D eigenvalue weighted by atomic mass is 10.0. The van der Waals surface area contributed by atoms with E-state index in [0.29, 0.717) is 23.7 Å². The largest absolute Gasteiger partial charge is 0.300 e. The van der Waals surface area contributed by atoms with Gasteiger partial charge in [-0.2, -0.15) is 0 Å². The van der Waals surface area contributed by atoms with Crippen LogP contribution in [0.3, 0.4) is 0 Å². The number of anilines is 1. The molecule has 0 N–H and O–H groups in total. The van der Waals surface area contributed by atoms with Gasteiger partial charge >= 0.3 is 0 Å². The van der Waals surface area contributed by atoms with Crippen LogP contribution in [0.5, 0.6) is 0 Å². The number of carbonyl (C=O) groups excluding carboxylic acids is 2. The van der Waals surface area contributed by atoms with Gasteiger partial charge in [-0.05, 0) is 48.2 Å². The van der Waals surface area contributed by atoms with Crippen LogP contribution in [0.1, 0.15) is 32.6 Å². The van der Waals surface area contributed by atoms with Gasteiger partial charge in [-0.3, -0.25) is 9.59 Å². The number of aryl methyl sites for hydroxylation is 2. The molecule has 0 saturated carbocycles. The normalized spacial score (nSPS) is 13.7. The Hall–Kier alpha value is -2.13. The second-order valence-electron chi connectivity index (χ2n) is 5.58. The first-order chi connectivity index (χ1) is 10.5. The number of hydrogen-bond acceptors (Lipinski definition) is 2. The summed E-state index contributed by atoms with van der Waals surface area (Å²) in [4.78, 5) is 25.9. The number of para-hydroxylation sites is 1. The van der Waals surface area contributed by atoms with Crippen molar-refractivity contribution in [2.75, 3.05) is 4.90 Å². The van der Waals surface area contributed by atoms with Crippen LogP contribution in [-0.2, 0) is 17.2 Å². The summed E-state index contributed by atoms with van der Waals surface area (Å²) in [5, 5.41) is 0. The molecule has 3 nitrogen and oxygen atoms in total. The highest BCUT2D eigenvalue weighted by Crippen LogP contribution is 2.31. The number of ketones is 1. The van der Waals surface area contributed by atoms with E-state index in [4.69, 9.17) is 11.6 Å². The average molecular weight is 314 g/mol. The Balaban J connectivity index is 2.02. The Morgan fingerprint density at radius 1 is 1.00 bits per heavy atom. The third-order valence-corrected chi connectivity index (χ3v) is 4.46. The first-order valence-corrected chi connectivity index (χ1v) is 7.66. The molecule has 0 saturated heterocycles. The average Bonchev–Trinajstić information content (AvgIpc) is 2.76. The van der Waals surface area contributed by atoms with Gasteiger partial charge in [0.2, 0.25) is 0 Å². The number of carbonyl (C=O) groups is 2. The van der Waals surface area contributed by atoms with Crippen molar-refractivity contribution in [3.8, 4) is 0 Å². The van der Waals surface area contributed by atoms with Crippen molar-refractivity contribution in [3.63, 3.8) is 0 Å². The molecular formula is C18H16ClNO2. The van der Waals surface area contributed by atoms with Crippen molar-refractivity contribution in [2.24, 2.45) is 0 Å². The highest BCUT2D eigenvalue weighted by Gasteiger charge is 2.35. The predicted octanol–water partition coefficient (Wildman–Crippen LogP) is 3.77. The van der Waals surface area contributed by atoms with Crippen LogP contribution in [0.2, 0.25) is 0 Å². The molecule has 3 rings (SSSR count). The zero-order valence-electron chi connectivity index (χ0n) is 12.5. The number of halogens is 1. The van der Waals surface area contributed by atoms with E-state index in [9.17, 15) is 9.59 Å². The van der Waals surface area contributed by atoms with Gasteiger partial charge in [0.1, 0.15) is 0 Å². The topological polar surface area (TPSA) is 37.4 Å². The monoisotopic (exact) mass is 313 g/mol. The molecule has 0 atom stereocenters. The number of hydrogen-bond donors (Lipinski definition) is 0. The number of amides is 1. The smallest absolute Gasteiger partial charge is 0.299 e. The maximum Gasteiger partial charge on any atom is 0.299 e. The van der Waals surface area contributed by atoms with Crippen molar-refractivity contribution in [3.05, 3.63) is 64.2 Å². The first kappa shape index (κ1) is 14.8. The Morgan fingerprint density at radius 2 is 1.64 bits per heavy atom. The van der Waals surface area contributed by atoms with E-state index < -0.39 is 11.7 Å². The molecule has 1 amide bonds. The Kier molecular flexibility index (Phi) is 3.75. The SMILES string of the molecule is Cc1cc(CCl)c(CN2C(=O)C(=O)c3ccccc32)cc1C. The first-order valence-electron chi connectivity index (χ1n) is 7.13. The molecule has 1 aliphatic heterocycles. The van der Waals surface area contributed by atoms with E-state index in [0.717, 1.165) is 16.7 Å². The van der Waals surface area contributed by atoms with Crippen molar-refractivity contribution < 1.29 is 9.59 Å². The summed E-state index contributed by atoms with van der Waals surface area (Å²) in [6, 6.07) is 11.2. The molecule has 0 aromatic heterocycles. The maximum atomic E-state index is 12.3. The minimum atomic E-state index is -0.472. The van der Waals surface area contributed by atoms with Gasteiger partial charge in [-0.15, -0.1) is 11.6 Å². The standard InChI is InChI=1S/C18H16ClNO2/c1-11-7-13(9-19)14(8-12(11)2)10-20-16-6-4-3-5-15(16)17(21)18(20)22/h3-8H,9-10H2,1-2H3. The molecule has 22 heavy (non-hydrogen) atoms. The molecule has 4 heteroatoms. The zero-order chi connectivity index (χ0) is 15.9. The van der Waals surface area contributed by atoms with Crippen LogP contribution in [0.25, 0.3) is 0 Å². The highest BCUT2D eigenvalue weighted by atomic mass is 35.5. The van der Waals surface area contributed by atoms with Gasteiger partial charge in [0.25, 0.3) is 11.7 Å². The number of Topliss-reactive ketones (excluding diaryl/α,β-unsaturated/α-hetero) is 1. The van der Waals surface area contributed by atoms with Crippen molar-refractivity contribution in [1.29, 1.82) is 0 Å². The molecule has 0 radical (unpaired) electrons. The number of nitrogens with zero attached hydrogens (tertiary/aromatic N) is 1. The lowest BCUT2D eigenvalue weighted by molar-refractivity contribution is -0.114. The zero-order valence-corrected chi connectivity index (χ0v) is 13.3.